The number of rotatable bonds is 6. The van der Waals surface area contributed by atoms with Gasteiger partial charge in [-0.05, 0) is 54.1 Å². The van der Waals surface area contributed by atoms with Gasteiger partial charge < -0.3 is 10.1 Å². The van der Waals surface area contributed by atoms with Crippen molar-refractivity contribution in [2.45, 2.75) is 6.54 Å². The maximum atomic E-state index is 14.6. The van der Waals surface area contributed by atoms with E-state index in [4.69, 9.17) is 9.72 Å². The maximum absolute atomic E-state index is 14.6. The quantitative estimate of drug-likeness (QED) is 0.382. The molecule has 3 aromatic heterocycles. The highest BCUT2D eigenvalue weighted by Gasteiger charge is 2.11. The number of pyridine rings is 2. The van der Waals surface area contributed by atoms with E-state index in [2.05, 4.69) is 20.3 Å². The van der Waals surface area contributed by atoms with Crippen molar-refractivity contribution in [3.05, 3.63) is 103 Å². The molecule has 0 bridgehead atoms. The molecule has 5 aromatic rings. The average molecular weight is 423 g/mol. The first kappa shape index (κ1) is 19.6. The molecule has 0 fully saturated rings. The second-order valence-electron chi connectivity index (χ2n) is 7.06. The summed E-state index contributed by atoms with van der Waals surface area (Å²) in [5, 5.41) is 4.21. The van der Waals surface area contributed by atoms with Gasteiger partial charge in [0, 0.05) is 36.1 Å². The molecule has 6 nitrogen and oxygen atoms in total. The van der Waals surface area contributed by atoms with E-state index in [9.17, 15) is 4.39 Å². The molecule has 156 valence electrons. The van der Waals surface area contributed by atoms with Gasteiger partial charge in [-0.1, -0.05) is 18.2 Å². The van der Waals surface area contributed by atoms with Crippen LogP contribution in [0.25, 0.3) is 22.3 Å². The Hall–Kier alpha value is -4.39. The topological polar surface area (TPSA) is 72.8 Å². The van der Waals surface area contributed by atoms with Crippen molar-refractivity contribution < 1.29 is 9.13 Å². The minimum Gasteiger partial charge on any atom is -0.453 e. The van der Waals surface area contributed by atoms with Crippen LogP contribution in [-0.2, 0) is 6.54 Å². The Kier molecular flexibility index (Phi) is 5.36. The van der Waals surface area contributed by atoms with Gasteiger partial charge in [0.2, 0.25) is 0 Å². The molecule has 0 atom stereocenters. The molecule has 0 aliphatic heterocycles. The third-order valence-electron chi connectivity index (χ3n) is 4.84. The summed E-state index contributed by atoms with van der Waals surface area (Å²) in [7, 11) is 0. The standard InChI is InChI=1S/C25H18FN5O/c26-21-13-17(9-10-23(21)32-19-6-4-12-28-16-19)14-29-25-20-7-1-2-8-22(20)30-24(31-25)18-5-3-11-27-15-18/h1-13,15-16H,14H2,(H,29,30,31). The van der Waals surface area contributed by atoms with E-state index in [-0.39, 0.29) is 5.75 Å². The van der Waals surface area contributed by atoms with Gasteiger partial charge >= 0.3 is 0 Å². The summed E-state index contributed by atoms with van der Waals surface area (Å²) in [6, 6.07) is 19.8. The molecule has 0 aliphatic carbocycles. The summed E-state index contributed by atoms with van der Waals surface area (Å²) in [4.78, 5) is 17.5. The van der Waals surface area contributed by atoms with Crippen LogP contribution in [0.3, 0.4) is 0 Å². The summed E-state index contributed by atoms with van der Waals surface area (Å²) in [6.07, 6.45) is 6.60. The van der Waals surface area contributed by atoms with Crippen LogP contribution in [0.1, 0.15) is 5.56 Å². The Morgan fingerprint density at radius 2 is 1.69 bits per heavy atom. The lowest BCUT2D eigenvalue weighted by Gasteiger charge is -2.12. The molecule has 0 amide bonds. The van der Waals surface area contributed by atoms with Crippen molar-refractivity contribution in [2.75, 3.05) is 5.32 Å². The van der Waals surface area contributed by atoms with Crippen molar-refractivity contribution in [1.82, 2.24) is 19.9 Å². The maximum Gasteiger partial charge on any atom is 0.166 e. The first-order valence-corrected chi connectivity index (χ1v) is 10.0. The summed E-state index contributed by atoms with van der Waals surface area (Å²) in [5.74, 6) is 1.42. The largest absolute Gasteiger partial charge is 0.453 e. The van der Waals surface area contributed by atoms with Crippen LogP contribution in [0.5, 0.6) is 11.5 Å². The molecule has 0 saturated carbocycles. The van der Waals surface area contributed by atoms with E-state index in [1.807, 2.05) is 42.5 Å². The number of ether oxygens (including phenoxy) is 1. The second-order valence-corrected chi connectivity index (χ2v) is 7.06. The first-order valence-electron chi connectivity index (χ1n) is 10.0. The van der Waals surface area contributed by atoms with Gasteiger partial charge in [-0.15, -0.1) is 0 Å². The van der Waals surface area contributed by atoms with Gasteiger partial charge in [0.05, 0.1) is 11.7 Å². The van der Waals surface area contributed by atoms with Crippen LogP contribution in [-0.4, -0.2) is 19.9 Å². The number of anilines is 1. The fraction of sp³-hybridized carbons (Fsp3) is 0.0400. The number of nitrogens with zero attached hydrogens (tertiary/aromatic N) is 4. The molecule has 2 aromatic carbocycles. The lowest BCUT2D eigenvalue weighted by atomic mass is 10.2. The second kappa shape index (κ2) is 8.77. The Morgan fingerprint density at radius 3 is 2.47 bits per heavy atom. The number of nitrogens with one attached hydrogen (secondary N) is 1. The summed E-state index contributed by atoms with van der Waals surface area (Å²) < 4.78 is 20.2. The van der Waals surface area contributed by atoms with Crippen molar-refractivity contribution in [2.24, 2.45) is 0 Å². The van der Waals surface area contributed by atoms with Crippen LogP contribution in [0.4, 0.5) is 10.2 Å². The van der Waals surface area contributed by atoms with Crippen LogP contribution in [0.2, 0.25) is 0 Å². The first-order chi connectivity index (χ1) is 15.8. The van der Waals surface area contributed by atoms with Gasteiger partial charge in [0.25, 0.3) is 0 Å². The van der Waals surface area contributed by atoms with Crippen LogP contribution in [0.15, 0.2) is 91.5 Å². The molecule has 0 saturated heterocycles. The zero-order chi connectivity index (χ0) is 21.8. The minimum atomic E-state index is -0.447. The SMILES string of the molecule is Fc1cc(CNc2nc(-c3cccnc3)nc3ccccc23)ccc1Oc1cccnc1. The van der Waals surface area contributed by atoms with E-state index < -0.39 is 5.82 Å². The van der Waals surface area contributed by atoms with Crippen molar-refractivity contribution >= 4 is 16.7 Å². The molecule has 32 heavy (non-hydrogen) atoms. The summed E-state index contributed by atoms with van der Waals surface area (Å²) in [6.45, 7) is 0.386. The van der Waals surface area contributed by atoms with E-state index in [1.165, 1.54) is 12.3 Å². The van der Waals surface area contributed by atoms with E-state index >= 15 is 0 Å². The number of hydrogen-bond acceptors (Lipinski definition) is 6. The van der Waals surface area contributed by atoms with Gasteiger partial charge in [-0.3, -0.25) is 9.97 Å². The van der Waals surface area contributed by atoms with Crippen LogP contribution >= 0.6 is 0 Å². The van der Waals surface area contributed by atoms with Crippen molar-refractivity contribution in [3.63, 3.8) is 0 Å². The third-order valence-corrected chi connectivity index (χ3v) is 4.84. The van der Waals surface area contributed by atoms with Gasteiger partial charge in [-0.25, -0.2) is 14.4 Å². The molecule has 0 unspecified atom stereocenters. The fourth-order valence-electron chi connectivity index (χ4n) is 3.29. The fourth-order valence-corrected chi connectivity index (χ4v) is 3.29. The third kappa shape index (κ3) is 4.22. The molecular formula is C25H18FN5O. The molecule has 1 N–H and O–H groups in total. The molecule has 0 spiro atoms. The Bertz CT molecular complexity index is 1360. The summed E-state index contributed by atoms with van der Waals surface area (Å²) in [5.41, 5.74) is 2.39. The predicted octanol–water partition coefficient (Wildman–Crippen LogP) is 5.63. The zero-order valence-corrected chi connectivity index (χ0v) is 16.9. The van der Waals surface area contributed by atoms with Crippen LogP contribution in [0, 0.1) is 5.82 Å². The molecule has 0 aliphatic rings. The minimum absolute atomic E-state index is 0.146. The predicted molar refractivity (Wildman–Crippen MR) is 121 cm³/mol. The number of halogens is 1. The van der Waals surface area contributed by atoms with Crippen molar-refractivity contribution in [1.29, 1.82) is 0 Å². The smallest absolute Gasteiger partial charge is 0.166 e. The normalized spacial score (nSPS) is 10.8. The average Bonchev–Trinajstić information content (AvgIpc) is 2.85. The van der Waals surface area contributed by atoms with E-state index in [1.54, 1.807) is 36.8 Å². The van der Waals surface area contributed by atoms with E-state index in [0.717, 1.165) is 22.0 Å². The highest BCUT2D eigenvalue weighted by atomic mass is 19.1. The molecule has 0 radical (unpaired) electrons. The van der Waals surface area contributed by atoms with Gasteiger partial charge in [-0.2, -0.15) is 0 Å². The number of benzene rings is 2. The van der Waals surface area contributed by atoms with Crippen molar-refractivity contribution in [3.8, 4) is 22.9 Å². The monoisotopic (exact) mass is 423 g/mol. The lowest BCUT2D eigenvalue weighted by Crippen LogP contribution is -2.05. The molecule has 3 heterocycles. The highest BCUT2D eigenvalue weighted by Crippen LogP contribution is 2.27. The number of para-hydroxylation sites is 1. The number of fused-ring (bicyclic) bond motifs is 1. The van der Waals surface area contributed by atoms with E-state index in [0.29, 0.717) is 23.9 Å². The highest BCUT2D eigenvalue weighted by molar-refractivity contribution is 5.90. The Labute approximate surface area is 183 Å². The molecular weight excluding hydrogens is 405 g/mol. The Morgan fingerprint density at radius 1 is 0.844 bits per heavy atom. The zero-order valence-electron chi connectivity index (χ0n) is 16.9. The van der Waals surface area contributed by atoms with Gasteiger partial charge in [0.1, 0.15) is 11.6 Å². The molecule has 5 rings (SSSR count). The summed E-state index contributed by atoms with van der Waals surface area (Å²) >= 11 is 0. The number of hydrogen-bond donors (Lipinski definition) is 1. The lowest BCUT2D eigenvalue weighted by molar-refractivity contribution is 0.440. The van der Waals surface area contributed by atoms with Gasteiger partial charge in [0.15, 0.2) is 17.4 Å². The van der Waals surface area contributed by atoms with Crippen LogP contribution < -0.4 is 10.1 Å². The Balaban J connectivity index is 1.40. The molecule has 7 heteroatoms. The number of aromatic nitrogens is 4.